The Morgan fingerprint density at radius 3 is 1.68 bits per heavy atom. The molecule has 0 saturated carbocycles. The number of halogens is 3. The Morgan fingerprint density at radius 2 is 1.14 bits per heavy atom. The zero-order chi connectivity index (χ0) is 26.2. The van der Waals surface area contributed by atoms with Crippen molar-refractivity contribution in [1.82, 2.24) is 10.2 Å². The summed E-state index contributed by atoms with van der Waals surface area (Å²) in [7, 11) is 0. The fourth-order valence-corrected chi connectivity index (χ4v) is 4.36. The van der Waals surface area contributed by atoms with Crippen LogP contribution in [-0.2, 0) is 29.1 Å². The maximum Gasteiger partial charge on any atom is 0.247 e. The second-order valence-corrected chi connectivity index (χ2v) is 9.92. The topological polar surface area (TPSA) is 49.4 Å². The summed E-state index contributed by atoms with van der Waals surface area (Å²) in [6.07, 6.45) is 0.124. The van der Waals surface area contributed by atoms with Gasteiger partial charge in [-0.25, -0.2) is 0 Å². The number of hydrogen-bond donors (Lipinski definition) is 1. The molecular formula is C30H25Cl3N2O2. The van der Waals surface area contributed by atoms with Gasteiger partial charge >= 0.3 is 0 Å². The molecule has 0 bridgehead atoms. The maximum atomic E-state index is 13.8. The minimum absolute atomic E-state index is 0.124. The van der Waals surface area contributed by atoms with Crippen molar-refractivity contribution in [3.05, 3.63) is 140 Å². The number of carbonyl (C=O) groups is 2. The molecule has 0 saturated heterocycles. The molecule has 0 unspecified atom stereocenters. The third-order valence-corrected chi connectivity index (χ3v) is 6.67. The van der Waals surface area contributed by atoms with Crippen molar-refractivity contribution >= 4 is 46.6 Å². The monoisotopic (exact) mass is 550 g/mol. The second-order valence-electron chi connectivity index (χ2n) is 8.61. The van der Waals surface area contributed by atoms with Gasteiger partial charge in [-0.05, 0) is 58.7 Å². The number of hydrogen-bond acceptors (Lipinski definition) is 2. The number of benzene rings is 4. The van der Waals surface area contributed by atoms with Crippen LogP contribution in [0.25, 0.3) is 0 Å². The lowest BCUT2D eigenvalue weighted by molar-refractivity contribution is -0.141. The fourth-order valence-electron chi connectivity index (χ4n) is 3.98. The molecule has 1 N–H and O–H groups in total. The zero-order valence-corrected chi connectivity index (χ0v) is 22.2. The lowest BCUT2D eigenvalue weighted by Crippen LogP contribution is -2.43. The van der Waals surface area contributed by atoms with Crippen molar-refractivity contribution in [3.63, 3.8) is 0 Å². The van der Waals surface area contributed by atoms with Crippen LogP contribution in [-0.4, -0.2) is 16.7 Å². The van der Waals surface area contributed by atoms with Gasteiger partial charge in [0.05, 0.1) is 6.42 Å². The Hall–Kier alpha value is -3.31. The van der Waals surface area contributed by atoms with E-state index in [2.05, 4.69) is 5.32 Å². The quantitative estimate of drug-likeness (QED) is 0.238. The van der Waals surface area contributed by atoms with Gasteiger partial charge < -0.3 is 10.2 Å². The van der Waals surface area contributed by atoms with Crippen molar-refractivity contribution < 1.29 is 9.59 Å². The predicted molar refractivity (Wildman–Crippen MR) is 150 cm³/mol. The van der Waals surface area contributed by atoms with E-state index < -0.39 is 6.04 Å². The number of nitrogens with zero attached hydrogens (tertiary/aromatic N) is 1. The molecule has 0 aliphatic carbocycles. The van der Waals surface area contributed by atoms with E-state index in [1.165, 1.54) is 0 Å². The molecule has 188 valence electrons. The van der Waals surface area contributed by atoms with E-state index in [4.69, 9.17) is 34.8 Å². The minimum atomic E-state index is -0.844. The van der Waals surface area contributed by atoms with E-state index >= 15 is 0 Å². The van der Waals surface area contributed by atoms with Crippen molar-refractivity contribution in [2.45, 2.75) is 25.6 Å². The minimum Gasteiger partial charge on any atom is -0.350 e. The number of amides is 2. The molecule has 7 heteroatoms. The lowest BCUT2D eigenvalue weighted by atomic mass is 10.0. The molecule has 0 fully saturated rings. The number of rotatable bonds is 9. The average molecular weight is 552 g/mol. The summed E-state index contributed by atoms with van der Waals surface area (Å²) < 4.78 is 0. The zero-order valence-electron chi connectivity index (χ0n) is 19.9. The molecule has 4 nitrogen and oxygen atoms in total. The molecule has 37 heavy (non-hydrogen) atoms. The molecule has 0 aromatic heterocycles. The SMILES string of the molecule is O=C(NCc1ccc(Cl)cc1)[C@@H](c1ccccc1)N(Cc1ccc(Cl)cc1)C(=O)Cc1ccc(Cl)cc1. The lowest BCUT2D eigenvalue weighted by Gasteiger charge is -2.32. The molecule has 0 spiro atoms. The first kappa shape index (κ1) is 26.7. The van der Waals surface area contributed by atoms with Crippen LogP contribution in [0.1, 0.15) is 28.3 Å². The van der Waals surface area contributed by atoms with Crippen LogP contribution in [0, 0.1) is 0 Å². The van der Waals surface area contributed by atoms with Gasteiger partial charge in [0.25, 0.3) is 0 Å². The van der Waals surface area contributed by atoms with Crippen LogP contribution >= 0.6 is 34.8 Å². The van der Waals surface area contributed by atoms with Gasteiger partial charge in [-0.3, -0.25) is 9.59 Å². The van der Waals surface area contributed by atoms with Gasteiger partial charge in [-0.15, -0.1) is 0 Å². The largest absolute Gasteiger partial charge is 0.350 e. The molecule has 0 heterocycles. The van der Waals surface area contributed by atoms with E-state index in [-0.39, 0.29) is 24.8 Å². The van der Waals surface area contributed by atoms with Crippen LogP contribution in [0.15, 0.2) is 103 Å². The normalized spacial score (nSPS) is 11.5. The molecule has 0 radical (unpaired) electrons. The molecule has 0 aliphatic heterocycles. The maximum absolute atomic E-state index is 13.8. The highest BCUT2D eigenvalue weighted by Crippen LogP contribution is 2.26. The Morgan fingerprint density at radius 1 is 0.649 bits per heavy atom. The number of carbonyl (C=O) groups excluding carboxylic acids is 2. The smallest absolute Gasteiger partial charge is 0.247 e. The Kier molecular flexibility index (Phi) is 9.24. The third kappa shape index (κ3) is 7.59. The average Bonchev–Trinajstić information content (AvgIpc) is 2.91. The van der Waals surface area contributed by atoms with E-state index in [1.807, 2.05) is 66.7 Å². The van der Waals surface area contributed by atoms with Crippen LogP contribution in [0.5, 0.6) is 0 Å². The molecule has 4 aromatic rings. The van der Waals surface area contributed by atoms with Gasteiger partial charge in [0.1, 0.15) is 6.04 Å². The molecule has 4 rings (SSSR count). The van der Waals surface area contributed by atoms with Gasteiger partial charge in [0, 0.05) is 28.2 Å². The fraction of sp³-hybridized carbons (Fsp3) is 0.133. The van der Waals surface area contributed by atoms with Crippen molar-refractivity contribution in [2.24, 2.45) is 0 Å². The summed E-state index contributed by atoms with van der Waals surface area (Å²) in [4.78, 5) is 29.1. The van der Waals surface area contributed by atoms with Gasteiger partial charge in [-0.2, -0.15) is 0 Å². The molecule has 2 amide bonds. The van der Waals surface area contributed by atoms with Crippen molar-refractivity contribution in [1.29, 1.82) is 0 Å². The van der Waals surface area contributed by atoms with E-state index in [1.54, 1.807) is 41.3 Å². The van der Waals surface area contributed by atoms with Gasteiger partial charge in [0.15, 0.2) is 0 Å². The summed E-state index contributed by atoms with van der Waals surface area (Å²) in [6, 6.07) is 30.2. The van der Waals surface area contributed by atoms with Crippen LogP contribution in [0.2, 0.25) is 15.1 Å². The summed E-state index contributed by atoms with van der Waals surface area (Å²) in [5.41, 5.74) is 3.29. The molecule has 0 aliphatic rings. The first-order valence-electron chi connectivity index (χ1n) is 11.7. The Labute approximate surface area is 231 Å². The first-order valence-corrected chi connectivity index (χ1v) is 12.9. The van der Waals surface area contributed by atoms with Crippen LogP contribution in [0.3, 0.4) is 0 Å². The summed E-state index contributed by atoms with van der Waals surface area (Å²) >= 11 is 18.1. The Bertz CT molecular complexity index is 1330. The molecule has 4 aromatic carbocycles. The summed E-state index contributed by atoms with van der Waals surface area (Å²) in [5.74, 6) is -0.465. The summed E-state index contributed by atoms with van der Waals surface area (Å²) in [5, 5.41) is 4.82. The van der Waals surface area contributed by atoms with Crippen LogP contribution in [0.4, 0.5) is 0 Å². The molecular weight excluding hydrogens is 527 g/mol. The highest BCUT2D eigenvalue weighted by Gasteiger charge is 2.31. The van der Waals surface area contributed by atoms with Gasteiger partial charge in [0.2, 0.25) is 11.8 Å². The van der Waals surface area contributed by atoms with Crippen molar-refractivity contribution in [2.75, 3.05) is 0 Å². The second kappa shape index (κ2) is 12.8. The first-order chi connectivity index (χ1) is 17.9. The van der Waals surface area contributed by atoms with Gasteiger partial charge in [-0.1, -0.05) is 102 Å². The van der Waals surface area contributed by atoms with Crippen molar-refractivity contribution in [3.8, 4) is 0 Å². The van der Waals surface area contributed by atoms with E-state index in [9.17, 15) is 9.59 Å². The molecule has 1 atom stereocenters. The standard InChI is InChI=1S/C30H25Cl3N2O2/c31-25-12-6-21(7-13-25)18-28(36)35(20-23-10-16-27(33)17-11-23)29(24-4-2-1-3-5-24)30(37)34-19-22-8-14-26(32)15-9-22/h1-17,29H,18-20H2,(H,34,37)/t29-/m1/s1. The summed E-state index contributed by atoms with van der Waals surface area (Å²) in [6.45, 7) is 0.539. The Balaban J connectivity index is 1.66. The number of nitrogens with one attached hydrogen (secondary N) is 1. The predicted octanol–water partition coefficient (Wildman–Crippen LogP) is 7.28. The van der Waals surface area contributed by atoms with E-state index in [0.717, 1.165) is 22.3 Å². The van der Waals surface area contributed by atoms with E-state index in [0.29, 0.717) is 21.6 Å². The highest BCUT2D eigenvalue weighted by molar-refractivity contribution is 6.31. The highest BCUT2D eigenvalue weighted by atomic mass is 35.5. The van der Waals surface area contributed by atoms with Crippen LogP contribution < -0.4 is 5.32 Å². The third-order valence-electron chi connectivity index (χ3n) is 5.91.